The Balaban J connectivity index is 1.96. The summed E-state index contributed by atoms with van der Waals surface area (Å²) in [5, 5.41) is 0. The minimum absolute atomic E-state index is 0.0484. The van der Waals surface area contributed by atoms with Gasteiger partial charge in [0.05, 0.1) is 5.69 Å². The van der Waals surface area contributed by atoms with E-state index in [0.29, 0.717) is 11.4 Å². The van der Waals surface area contributed by atoms with Crippen molar-refractivity contribution in [2.75, 3.05) is 17.2 Å². The lowest BCUT2D eigenvalue weighted by molar-refractivity contribution is 0.0976. The number of carbonyl (C=O) groups is 1. The number of anilines is 2. The maximum atomic E-state index is 12.9. The molecule has 1 aliphatic heterocycles. The first kappa shape index (κ1) is 13.7. The Morgan fingerprint density at radius 1 is 1.33 bits per heavy atom. The number of nitrogens with zero attached hydrogens (tertiary/aromatic N) is 2. The summed E-state index contributed by atoms with van der Waals surface area (Å²) in [5.74, 6) is 0.0484. The molecule has 1 amide bonds. The fourth-order valence-electron chi connectivity index (χ4n) is 3.02. The number of fused-ring (bicyclic) bond motifs is 1. The molecule has 0 aliphatic carbocycles. The van der Waals surface area contributed by atoms with Crippen molar-refractivity contribution in [2.24, 2.45) is 0 Å². The predicted molar refractivity (Wildman–Crippen MR) is 85.6 cm³/mol. The molecule has 3 rings (SSSR count). The molecule has 2 aromatic rings. The number of hydrogen-bond donors (Lipinski definition) is 1. The molecular weight excluding hydrogens is 262 g/mol. The fourth-order valence-corrected chi connectivity index (χ4v) is 3.02. The van der Waals surface area contributed by atoms with Crippen molar-refractivity contribution in [1.82, 2.24) is 4.57 Å². The van der Waals surface area contributed by atoms with Gasteiger partial charge in [0, 0.05) is 25.0 Å². The summed E-state index contributed by atoms with van der Waals surface area (Å²) >= 11 is 0. The first-order chi connectivity index (χ1) is 10.2. The standard InChI is InChI=1S/C17H21N3O/c1-2-9-19-12-14(18)11-16(19)17(21)20-10-5-7-13-6-3-4-8-15(13)20/h3-4,6,8,11-12H,2,5,7,9-10,18H2,1H3. The number of benzene rings is 1. The molecule has 4 heteroatoms. The largest absolute Gasteiger partial charge is 0.397 e. The minimum atomic E-state index is 0.0484. The smallest absolute Gasteiger partial charge is 0.274 e. The summed E-state index contributed by atoms with van der Waals surface area (Å²) in [6.07, 6.45) is 4.88. The second-order valence-electron chi connectivity index (χ2n) is 5.54. The molecule has 0 atom stereocenters. The van der Waals surface area contributed by atoms with Crippen LogP contribution in [0.15, 0.2) is 36.5 Å². The van der Waals surface area contributed by atoms with Crippen LogP contribution in [-0.4, -0.2) is 17.0 Å². The Morgan fingerprint density at radius 2 is 2.14 bits per heavy atom. The molecule has 0 fully saturated rings. The van der Waals surface area contributed by atoms with Crippen molar-refractivity contribution >= 4 is 17.3 Å². The first-order valence-electron chi connectivity index (χ1n) is 7.56. The number of rotatable bonds is 3. The molecule has 110 valence electrons. The summed E-state index contributed by atoms with van der Waals surface area (Å²) in [7, 11) is 0. The van der Waals surface area contributed by atoms with E-state index in [4.69, 9.17) is 5.73 Å². The molecule has 1 aromatic carbocycles. The average Bonchev–Trinajstić information content (AvgIpc) is 2.87. The summed E-state index contributed by atoms with van der Waals surface area (Å²) in [6.45, 7) is 3.68. The van der Waals surface area contributed by atoms with Crippen LogP contribution in [0, 0.1) is 0 Å². The van der Waals surface area contributed by atoms with E-state index >= 15 is 0 Å². The molecule has 0 spiro atoms. The van der Waals surface area contributed by atoms with Crippen molar-refractivity contribution in [1.29, 1.82) is 0 Å². The van der Waals surface area contributed by atoms with Gasteiger partial charge in [0.1, 0.15) is 5.69 Å². The van der Waals surface area contributed by atoms with E-state index in [9.17, 15) is 4.79 Å². The molecule has 1 aromatic heterocycles. The molecule has 0 radical (unpaired) electrons. The van der Waals surface area contributed by atoms with E-state index in [-0.39, 0.29) is 5.91 Å². The number of carbonyl (C=O) groups excluding carboxylic acids is 1. The molecule has 2 heterocycles. The van der Waals surface area contributed by atoms with Crippen LogP contribution >= 0.6 is 0 Å². The molecule has 2 N–H and O–H groups in total. The van der Waals surface area contributed by atoms with Crippen LogP contribution in [0.4, 0.5) is 11.4 Å². The second-order valence-corrected chi connectivity index (χ2v) is 5.54. The number of aryl methyl sites for hydroxylation is 2. The Hall–Kier alpha value is -2.23. The van der Waals surface area contributed by atoms with Crippen LogP contribution in [0.25, 0.3) is 0 Å². The van der Waals surface area contributed by atoms with Gasteiger partial charge in [-0.1, -0.05) is 25.1 Å². The van der Waals surface area contributed by atoms with Crippen molar-refractivity contribution in [2.45, 2.75) is 32.7 Å². The molecule has 4 nitrogen and oxygen atoms in total. The lowest BCUT2D eigenvalue weighted by Crippen LogP contribution is -2.36. The third-order valence-electron chi connectivity index (χ3n) is 3.96. The molecule has 0 bridgehead atoms. The van der Waals surface area contributed by atoms with Crippen LogP contribution < -0.4 is 10.6 Å². The van der Waals surface area contributed by atoms with Crippen molar-refractivity contribution in [3.8, 4) is 0 Å². The van der Waals surface area contributed by atoms with Crippen molar-refractivity contribution in [3.63, 3.8) is 0 Å². The molecular formula is C17H21N3O. The molecule has 21 heavy (non-hydrogen) atoms. The van der Waals surface area contributed by atoms with Gasteiger partial charge in [-0.15, -0.1) is 0 Å². The van der Waals surface area contributed by atoms with Gasteiger partial charge in [-0.05, 0) is 37.0 Å². The van der Waals surface area contributed by atoms with Crippen molar-refractivity contribution in [3.05, 3.63) is 47.8 Å². The van der Waals surface area contributed by atoms with Crippen LogP contribution in [0.2, 0.25) is 0 Å². The van der Waals surface area contributed by atoms with Crippen LogP contribution in [0.3, 0.4) is 0 Å². The third kappa shape index (κ3) is 2.53. The summed E-state index contributed by atoms with van der Waals surface area (Å²) in [6, 6.07) is 9.95. The van der Waals surface area contributed by atoms with E-state index < -0.39 is 0 Å². The maximum absolute atomic E-state index is 12.9. The fraction of sp³-hybridized carbons (Fsp3) is 0.353. The zero-order valence-electron chi connectivity index (χ0n) is 12.4. The zero-order valence-corrected chi connectivity index (χ0v) is 12.4. The Labute approximate surface area is 125 Å². The van der Waals surface area contributed by atoms with Gasteiger partial charge >= 0.3 is 0 Å². The quantitative estimate of drug-likeness (QED) is 0.941. The Kier molecular flexibility index (Phi) is 3.69. The van der Waals surface area contributed by atoms with Gasteiger partial charge in [0.25, 0.3) is 5.91 Å². The zero-order chi connectivity index (χ0) is 14.8. The van der Waals surface area contributed by atoms with Crippen molar-refractivity contribution < 1.29 is 4.79 Å². The van der Waals surface area contributed by atoms with E-state index in [2.05, 4.69) is 13.0 Å². The number of amides is 1. The Bertz CT molecular complexity index is 660. The number of para-hydroxylation sites is 1. The molecule has 1 aliphatic rings. The highest BCUT2D eigenvalue weighted by molar-refractivity contribution is 6.06. The lowest BCUT2D eigenvalue weighted by Gasteiger charge is -2.29. The average molecular weight is 283 g/mol. The first-order valence-corrected chi connectivity index (χ1v) is 7.56. The number of nitrogen functional groups attached to an aromatic ring is 1. The third-order valence-corrected chi connectivity index (χ3v) is 3.96. The predicted octanol–water partition coefficient (Wildman–Crippen LogP) is 3.07. The minimum Gasteiger partial charge on any atom is -0.397 e. The van der Waals surface area contributed by atoms with Gasteiger partial charge in [0.2, 0.25) is 0 Å². The van der Waals surface area contributed by atoms with E-state index in [1.165, 1.54) is 5.56 Å². The van der Waals surface area contributed by atoms with Gasteiger partial charge in [-0.2, -0.15) is 0 Å². The van der Waals surface area contributed by atoms with Gasteiger partial charge in [0.15, 0.2) is 0 Å². The number of aromatic nitrogens is 1. The van der Waals surface area contributed by atoms with Gasteiger partial charge in [-0.3, -0.25) is 4.79 Å². The van der Waals surface area contributed by atoms with E-state index in [0.717, 1.165) is 38.0 Å². The summed E-state index contributed by atoms with van der Waals surface area (Å²) < 4.78 is 1.97. The molecule has 0 saturated heterocycles. The Morgan fingerprint density at radius 3 is 2.95 bits per heavy atom. The highest BCUT2D eigenvalue weighted by Gasteiger charge is 2.25. The normalized spacial score (nSPS) is 14.0. The summed E-state index contributed by atoms with van der Waals surface area (Å²) in [5.41, 5.74) is 9.50. The van der Waals surface area contributed by atoms with E-state index in [1.807, 2.05) is 33.9 Å². The summed E-state index contributed by atoms with van der Waals surface area (Å²) in [4.78, 5) is 14.8. The topological polar surface area (TPSA) is 51.3 Å². The second kappa shape index (κ2) is 5.64. The highest BCUT2D eigenvalue weighted by Crippen LogP contribution is 2.28. The molecule has 0 unspecified atom stereocenters. The maximum Gasteiger partial charge on any atom is 0.274 e. The monoisotopic (exact) mass is 283 g/mol. The number of hydrogen-bond acceptors (Lipinski definition) is 2. The highest BCUT2D eigenvalue weighted by atomic mass is 16.2. The number of nitrogens with two attached hydrogens (primary N) is 1. The SMILES string of the molecule is CCCn1cc(N)cc1C(=O)N1CCCc2ccccc21. The molecule has 0 saturated carbocycles. The van der Waals surface area contributed by atoms with Crippen LogP contribution in [0.5, 0.6) is 0 Å². The van der Waals surface area contributed by atoms with E-state index in [1.54, 1.807) is 6.07 Å². The van der Waals surface area contributed by atoms with Crippen LogP contribution in [0.1, 0.15) is 35.8 Å². The van der Waals surface area contributed by atoms with Crippen LogP contribution in [-0.2, 0) is 13.0 Å². The van der Waals surface area contributed by atoms with Gasteiger partial charge in [-0.25, -0.2) is 0 Å². The van der Waals surface area contributed by atoms with Gasteiger partial charge < -0.3 is 15.2 Å². The lowest BCUT2D eigenvalue weighted by atomic mass is 10.0.